The van der Waals surface area contributed by atoms with Gasteiger partial charge in [-0.25, -0.2) is 14.4 Å². The van der Waals surface area contributed by atoms with Gasteiger partial charge in [-0.15, -0.1) is 0 Å². The Bertz CT molecular complexity index is 1370. The molecule has 5 aromatic rings. The van der Waals surface area contributed by atoms with Crippen LogP contribution in [0.3, 0.4) is 0 Å². The highest BCUT2D eigenvalue weighted by atomic mass is 19.1. The Kier molecular flexibility index (Phi) is 4.59. The largest absolute Gasteiger partial charge is 0.457 e. The average Bonchev–Trinajstić information content (AvgIpc) is 3.33. The molecule has 154 valence electrons. The fourth-order valence-electron chi connectivity index (χ4n) is 3.30. The summed E-state index contributed by atoms with van der Waals surface area (Å²) in [7, 11) is 1.92. The number of anilines is 2. The first-order valence-corrected chi connectivity index (χ1v) is 9.70. The molecule has 3 aromatic heterocycles. The number of nitrogens with zero attached hydrogens (tertiary/aromatic N) is 4. The van der Waals surface area contributed by atoms with Gasteiger partial charge in [0.1, 0.15) is 23.0 Å². The maximum atomic E-state index is 13.1. The van der Waals surface area contributed by atoms with Crippen molar-refractivity contribution in [3.8, 4) is 23.0 Å². The molecule has 0 unspecified atom stereocenters. The van der Waals surface area contributed by atoms with Crippen molar-refractivity contribution in [3.05, 3.63) is 78.5 Å². The Hall–Kier alpha value is -4.20. The van der Waals surface area contributed by atoms with Gasteiger partial charge in [-0.2, -0.15) is 0 Å². The van der Waals surface area contributed by atoms with Crippen LogP contribution in [0.25, 0.3) is 22.6 Å². The lowest BCUT2D eigenvalue weighted by Crippen LogP contribution is -1.98. The lowest BCUT2D eigenvalue weighted by atomic mass is 10.3. The first-order chi connectivity index (χ1) is 15.0. The quantitative estimate of drug-likeness (QED) is 0.406. The number of hydrogen-bond donors (Lipinski definition) is 2. The molecule has 0 radical (unpaired) electrons. The summed E-state index contributed by atoms with van der Waals surface area (Å²) in [6.45, 7) is 1.94. The molecule has 0 atom stereocenters. The number of aromatic amines is 1. The highest BCUT2D eigenvalue weighted by Crippen LogP contribution is 2.29. The number of fused-ring (bicyclic) bond motifs is 1. The van der Waals surface area contributed by atoms with Gasteiger partial charge >= 0.3 is 0 Å². The number of halogens is 1. The van der Waals surface area contributed by atoms with E-state index in [9.17, 15) is 4.39 Å². The van der Waals surface area contributed by atoms with Crippen LogP contribution in [-0.2, 0) is 7.05 Å². The molecule has 0 fully saturated rings. The number of aryl methyl sites for hydroxylation is 2. The summed E-state index contributed by atoms with van der Waals surface area (Å²) >= 11 is 0. The van der Waals surface area contributed by atoms with Crippen LogP contribution in [0.2, 0.25) is 0 Å². The summed E-state index contributed by atoms with van der Waals surface area (Å²) in [5.41, 5.74) is 4.15. The molecule has 8 heteroatoms. The van der Waals surface area contributed by atoms with Crippen molar-refractivity contribution in [1.82, 2.24) is 24.5 Å². The molecule has 2 aromatic carbocycles. The van der Waals surface area contributed by atoms with E-state index >= 15 is 0 Å². The van der Waals surface area contributed by atoms with Crippen LogP contribution in [0.5, 0.6) is 11.5 Å². The first kappa shape index (κ1) is 18.8. The fraction of sp³-hybridized carbons (Fsp3) is 0.0870. The van der Waals surface area contributed by atoms with Crippen molar-refractivity contribution in [1.29, 1.82) is 0 Å². The van der Waals surface area contributed by atoms with E-state index in [0.717, 1.165) is 22.4 Å². The SMILES string of the molecule is Cc1cnc(-c2cc(Oc3ccc4c(c3)nc(Nc3ccc(F)cc3)n4C)ccn2)[nH]1. The average molecular weight is 414 g/mol. The predicted octanol–water partition coefficient (Wildman–Crippen LogP) is 5.34. The van der Waals surface area contributed by atoms with Crippen molar-refractivity contribution >= 4 is 22.7 Å². The minimum atomic E-state index is -0.279. The van der Waals surface area contributed by atoms with Crippen LogP contribution < -0.4 is 10.1 Å². The molecule has 0 bridgehead atoms. The summed E-state index contributed by atoms with van der Waals surface area (Å²) < 4.78 is 21.1. The fourth-order valence-corrected chi connectivity index (χ4v) is 3.30. The number of hydrogen-bond acceptors (Lipinski definition) is 5. The molecule has 7 nitrogen and oxygen atoms in total. The van der Waals surface area contributed by atoms with Gasteiger partial charge in [0.15, 0.2) is 5.82 Å². The van der Waals surface area contributed by atoms with Gasteiger partial charge in [0.25, 0.3) is 0 Å². The lowest BCUT2D eigenvalue weighted by Gasteiger charge is -2.07. The molecule has 0 amide bonds. The van der Waals surface area contributed by atoms with Gasteiger partial charge in [-0.1, -0.05) is 0 Å². The van der Waals surface area contributed by atoms with Gasteiger partial charge in [0.05, 0.1) is 11.0 Å². The van der Waals surface area contributed by atoms with E-state index in [-0.39, 0.29) is 5.82 Å². The van der Waals surface area contributed by atoms with Crippen LogP contribution in [0, 0.1) is 12.7 Å². The lowest BCUT2D eigenvalue weighted by molar-refractivity contribution is 0.483. The van der Waals surface area contributed by atoms with Crippen molar-refractivity contribution in [2.75, 3.05) is 5.32 Å². The molecule has 31 heavy (non-hydrogen) atoms. The van der Waals surface area contributed by atoms with Crippen LogP contribution in [0.4, 0.5) is 16.0 Å². The number of H-pyrrole nitrogens is 1. The van der Waals surface area contributed by atoms with Crippen molar-refractivity contribution in [2.45, 2.75) is 6.92 Å². The summed E-state index contributed by atoms with van der Waals surface area (Å²) in [6, 6.07) is 15.5. The molecule has 0 aliphatic heterocycles. The number of ether oxygens (including phenoxy) is 1. The molecule has 2 N–H and O–H groups in total. The third-order valence-corrected chi connectivity index (χ3v) is 4.87. The maximum absolute atomic E-state index is 13.1. The van der Waals surface area contributed by atoms with Crippen LogP contribution in [0.15, 0.2) is 67.0 Å². The molecule has 0 aliphatic carbocycles. The van der Waals surface area contributed by atoms with E-state index < -0.39 is 0 Å². The second kappa shape index (κ2) is 7.56. The van der Waals surface area contributed by atoms with Crippen molar-refractivity contribution < 1.29 is 9.13 Å². The molecule has 0 spiro atoms. The molecule has 5 rings (SSSR count). The Morgan fingerprint density at radius 3 is 2.58 bits per heavy atom. The van der Waals surface area contributed by atoms with Gasteiger partial charge in [-0.3, -0.25) is 4.98 Å². The Morgan fingerprint density at radius 1 is 1.00 bits per heavy atom. The molecule has 3 heterocycles. The Morgan fingerprint density at radius 2 is 1.81 bits per heavy atom. The standard InChI is InChI=1S/C23H19FN6O/c1-14-13-26-22(27-14)20-12-18(9-10-25-20)31-17-7-8-21-19(11-17)29-23(30(21)2)28-16-5-3-15(24)4-6-16/h3-13H,1-2H3,(H,26,27)(H,28,29). The number of pyridine rings is 1. The summed E-state index contributed by atoms with van der Waals surface area (Å²) in [6.07, 6.45) is 3.45. The van der Waals surface area contributed by atoms with E-state index in [1.807, 2.05) is 42.8 Å². The Balaban J connectivity index is 1.40. The number of imidazole rings is 2. The molecule has 0 saturated carbocycles. The monoisotopic (exact) mass is 414 g/mol. The van der Waals surface area contributed by atoms with E-state index in [0.29, 0.717) is 29.0 Å². The number of nitrogens with one attached hydrogen (secondary N) is 2. The smallest absolute Gasteiger partial charge is 0.208 e. The second-order valence-corrected chi connectivity index (χ2v) is 7.17. The first-order valence-electron chi connectivity index (χ1n) is 9.70. The third kappa shape index (κ3) is 3.83. The van der Waals surface area contributed by atoms with E-state index in [1.54, 1.807) is 30.6 Å². The van der Waals surface area contributed by atoms with Crippen LogP contribution in [-0.4, -0.2) is 24.5 Å². The van der Waals surface area contributed by atoms with E-state index in [4.69, 9.17) is 4.74 Å². The zero-order valence-electron chi connectivity index (χ0n) is 16.9. The zero-order chi connectivity index (χ0) is 21.4. The topological polar surface area (TPSA) is 80.7 Å². The van der Waals surface area contributed by atoms with E-state index in [2.05, 4.69) is 25.3 Å². The maximum Gasteiger partial charge on any atom is 0.208 e. The molecular weight excluding hydrogens is 395 g/mol. The summed E-state index contributed by atoms with van der Waals surface area (Å²) in [5.74, 6) is 2.38. The molecule has 0 aliphatic rings. The van der Waals surface area contributed by atoms with Gasteiger partial charge in [0, 0.05) is 43.0 Å². The van der Waals surface area contributed by atoms with Crippen molar-refractivity contribution in [3.63, 3.8) is 0 Å². The van der Waals surface area contributed by atoms with Crippen LogP contribution in [0.1, 0.15) is 5.69 Å². The predicted molar refractivity (Wildman–Crippen MR) is 117 cm³/mol. The van der Waals surface area contributed by atoms with Crippen molar-refractivity contribution in [2.24, 2.45) is 7.05 Å². The summed E-state index contributed by atoms with van der Waals surface area (Å²) in [5, 5.41) is 3.21. The highest BCUT2D eigenvalue weighted by molar-refractivity contribution is 5.81. The summed E-state index contributed by atoms with van der Waals surface area (Å²) in [4.78, 5) is 16.5. The Labute approximate surface area is 177 Å². The normalized spacial score (nSPS) is 11.1. The third-order valence-electron chi connectivity index (χ3n) is 4.87. The minimum absolute atomic E-state index is 0.279. The zero-order valence-corrected chi connectivity index (χ0v) is 16.9. The van der Waals surface area contributed by atoms with E-state index in [1.165, 1.54) is 12.1 Å². The number of rotatable bonds is 5. The van der Waals surface area contributed by atoms with Crippen LogP contribution >= 0.6 is 0 Å². The van der Waals surface area contributed by atoms with Gasteiger partial charge in [0.2, 0.25) is 5.95 Å². The molecular formula is C23H19FN6O. The number of aromatic nitrogens is 5. The molecule has 0 saturated heterocycles. The van der Waals surface area contributed by atoms with Gasteiger partial charge in [-0.05, 0) is 49.4 Å². The number of benzene rings is 2. The highest BCUT2D eigenvalue weighted by Gasteiger charge is 2.11. The minimum Gasteiger partial charge on any atom is -0.457 e. The van der Waals surface area contributed by atoms with Gasteiger partial charge < -0.3 is 19.6 Å². The second-order valence-electron chi connectivity index (χ2n) is 7.17.